The Morgan fingerprint density at radius 1 is 1.23 bits per heavy atom. The van der Waals surface area contributed by atoms with Crippen molar-refractivity contribution in [2.45, 2.75) is 38.0 Å². The molecule has 122 valence electrons. The molecule has 0 saturated carbocycles. The number of carbonyl (C=O) groups is 1. The predicted octanol–water partition coefficient (Wildman–Crippen LogP) is 3.11. The fourth-order valence-electron chi connectivity index (χ4n) is 2.31. The summed E-state index contributed by atoms with van der Waals surface area (Å²) in [4.78, 5) is 11.8. The first-order chi connectivity index (χ1) is 10.3. The van der Waals surface area contributed by atoms with Gasteiger partial charge in [-0.25, -0.2) is 8.42 Å². The van der Waals surface area contributed by atoms with Crippen molar-refractivity contribution in [1.29, 1.82) is 0 Å². The molecule has 0 bridgehead atoms. The lowest BCUT2D eigenvalue weighted by atomic mass is 10.2. The molecule has 22 heavy (non-hydrogen) atoms. The Labute approximate surface area is 136 Å². The molecule has 1 aromatic rings. The van der Waals surface area contributed by atoms with Crippen LogP contribution in [0, 0.1) is 5.92 Å². The molecule has 5 nitrogen and oxygen atoms in total. The van der Waals surface area contributed by atoms with Gasteiger partial charge in [0.05, 0.1) is 5.02 Å². The van der Waals surface area contributed by atoms with Crippen LogP contribution in [0.1, 0.15) is 33.1 Å². The summed E-state index contributed by atoms with van der Waals surface area (Å²) in [6.45, 7) is 4.58. The van der Waals surface area contributed by atoms with E-state index in [0.29, 0.717) is 18.8 Å². The second kappa shape index (κ2) is 6.98. The maximum atomic E-state index is 12.7. The Morgan fingerprint density at radius 2 is 1.86 bits per heavy atom. The molecule has 7 heteroatoms. The normalized spacial score (nSPS) is 16.7. The fourth-order valence-corrected chi connectivity index (χ4v) is 4.33. The summed E-state index contributed by atoms with van der Waals surface area (Å²) in [5.74, 6) is -0.346. The third-order valence-corrected chi connectivity index (χ3v) is 6.04. The Hall–Kier alpha value is -1.11. The van der Waals surface area contributed by atoms with Crippen molar-refractivity contribution in [2.75, 3.05) is 18.4 Å². The van der Waals surface area contributed by atoms with E-state index in [1.54, 1.807) is 19.9 Å². The quantitative estimate of drug-likeness (QED) is 0.912. The minimum Gasteiger partial charge on any atom is -0.326 e. The van der Waals surface area contributed by atoms with Crippen molar-refractivity contribution in [3.05, 3.63) is 23.2 Å². The number of amides is 1. The summed E-state index contributed by atoms with van der Waals surface area (Å²) in [6.07, 6.45) is 2.77. The van der Waals surface area contributed by atoms with Crippen molar-refractivity contribution in [2.24, 2.45) is 5.92 Å². The zero-order valence-corrected chi connectivity index (χ0v) is 14.4. The van der Waals surface area contributed by atoms with Gasteiger partial charge >= 0.3 is 0 Å². The van der Waals surface area contributed by atoms with Crippen LogP contribution >= 0.6 is 11.6 Å². The molecule has 0 atom stereocenters. The van der Waals surface area contributed by atoms with Gasteiger partial charge in [-0.1, -0.05) is 31.9 Å². The third-order valence-electron chi connectivity index (χ3n) is 3.66. The van der Waals surface area contributed by atoms with E-state index >= 15 is 0 Å². The number of sulfonamides is 1. The number of nitrogens with one attached hydrogen (secondary N) is 1. The summed E-state index contributed by atoms with van der Waals surface area (Å²) in [6, 6.07) is 4.55. The largest absolute Gasteiger partial charge is 0.326 e. The van der Waals surface area contributed by atoms with Crippen LogP contribution in [-0.2, 0) is 14.8 Å². The highest BCUT2D eigenvalue weighted by Crippen LogP contribution is 2.29. The van der Waals surface area contributed by atoms with Gasteiger partial charge in [0.25, 0.3) is 0 Å². The average Bonchev–Trinajstić information content (AvgIpc) is 2.49. The first kappa shape index (κ1) is 17.2. The molecule has 1 aliphatic heterocycles. The highest BCUT2D eigenvalue weighted by molar-refractivity contribution is 7.89. The van der Waals surface area contributed by atoms with Gasteiger partial charge in [0.15, 0.2) is 0 Å². The van der Waals surface area contributed by atoms with E-state index in [9.17, 15) is 13.2 Å². The van der Waals surface area contributed by atoms with E-state index in [4.69, 9.17) is 11.6 Å². The Morgan fingerprint density at radius 3 is 2.45 bits per heavy atom. The molecule has 1 fully saturated rings. The molecule has 0 unspecified atom stereocenters. The molecule has 1 aromatic carbocycles. The van der Waals surface area contributed by atoms with Gasteiger partial charge in [0, 0.05) is 24.7 Å². The summed E-state index contributed by atoms with van der Waals surface area (Å²) in [5.41, 5.74) is 0.443. The second-order valence-corrected chi connectivity index (χ2v) is 8.07. The molecule has 0 aliphatic carbocycles. The number of benzene rings is 1. The average molecular weight is 345 g/mol. The van der Waals surface area contributed by atoms with Crippen molar-refractivity contribution in [1.82, 2.24) is 4.31 Å². The molecule has 1 saturated heterocycles. The van der Waals surface area contributed by atoms with Crippen LogP contribution in [-0.4, -0.2) is 31.7 Å². The van der Waals surface area contributed by atoms with Crippen molar-refractivity contribution in [3.8, 4) is 0 Å². The first-order valence-electron chi connectivity index (χ1n) is 7.43. The summed E-state index contributed by atoms with van der Waals surface area (Å²) < 4.78 is 26.9. The summed E-state index contributed by atoms with van der Waals surface area (Å²) in [7, 11) is -3.62. The van der Waals surface area contributed by atoms with Crippen LogP contribution in [0.5, 0.6) is 0 Å². The Bertz CT molecular complexity index is 653. The molecular weight excluding hydrogens is 324 g/mol. The fraction of sp³-hybridized carbons (Fsp3) is 0.533. The van der Waals surface area contributed by atoms with Gasteiger partial charge in [0.1, 0.15) is 4.90 Å². The van der Waals surface area contributed by atoms with Crippen LogP contribution < -0.4 is 5.32 Å². The van der Waals surface area contributed by atoms with Gasteiger partial charge in [0.2, 0.25) is 15.9 Å². The topological polar surface area (TPSA) is 66.5 Å². The number of nitrogens with zero attached hydrogens (tertiary/aromatic N) is 1. The standard InChI is InChI=1S/C15H21ClN2O3S/c1-11(2)15(19)17-12-6-7-13(16)14(10-12)22(20,21)18-8-4-3-5-9-18/h6-7,10-11H,3-5,8-9H2,1-2H3,(H,17,19). The third kappa shape index (κ3) is 3.80. The number of hydrogen-bond acceptors (Lipinski definition) is 3. The maximum Gasteiger partial charge on any atom is 0.244 e. The monoisotopic (exact) mass is 344 g/mol. The lowest BCUT2D eigenvalue weighted by molar-refractivity contribution is -0.118. The predicted molar refractivity (Wildman–Crippen MR) is 87.5 cm³/mol. The van der Waals surface area contributed by atoms with Crippen molar-refractivity contribution in [3.63, 3.8) is 0 Å². The van der Waals surface area contributed by atoms with Crippen LogP contribution in [0.15, 0.2) is 23.1 Å². The molecule has 0 radical (unpaired) electrons. The zero-order chi connectivity index (χ0) is 16.3. The minimum atomic E-state index is -3.62. The van der Waals surface area contributed by atoms with E-state index in [2.05, 4.69) is 5.32 Å². The summed E-state index contributed by atoms with van der Waals surface area (Å²) in [5, 5.41) is 2.88. The molecule has 1 amide bonds. The van der Waals surface area contributed by atoms with E-state index in [-0.39, 0.29) is 21.7 Å². The van der Waals surface area contributed by atoms with Crippen LogP contribution in [0.2, 0.25) is 5.02 Å². The zero-order valence-electron chi connectivity index (χ0n) is 12.8. The lowest BCUT2D eigenvalue weighted by Gasteiger charge is -2.26. The highest BCUT2D eigenvalue weighted by Gasteiger charge is 2.28. The molecular formula is C15H21ClN2O3S. The van der Waals surface area contributed by atoms with E-state index in [0.717, 1.165) is 19.3 Å². The van der Waals surface area contributed by atoms with E-state index < -0.39 is 10.0 Å². The molecule has 2 rings (SSSR count). The number of carbonyl (C=O) groups excluding carboxylic acids is 1. The Balaban J connectivity index is 2.31. The number of rotatable bonds is 4. The van der Waals surface area contributed by atoms with Crippen molar-refractivity contribution >= 4 is 33.2 Å². The number of halogens is 1. The van der Waals surface area contributed by atoms with Gasteiger partial charge in [-0.2, -0.15) is 4.31 Å². The molecule has 1 aliphatic rings. The maximum absolute atomic E-state index is 12.7. The second-order valence-electron chi connectivity index (χ2n) is 5.75. The molecule has 1 heterocycles. The van der Waals surface area contributed by atoms with Crippen LogP contribution in [0.3, 0.4) is 0 Å². The minimum absolute atomic E-state index is 0.0534. The number of anilines is 1. The van der Waals surface area contributed by atoms with E-state index in [1.807, 2.05) is 0 Å². The SMILES string of the molecule is CC(C)C(=O)Nc1ccc(Cl)c(S(=O)(=O)N2CCCCC2)c1. The highest BCUT2D eigenvalue weighted by atomic mass is 35.5. The van der Waals surface area contributed by atoms with Crippen molar-refractivity contribution < 1.29 is 13.2 Å². The summed E-state index contributed by atoms with van der Waals surface area (Å²) >= 11 is 6.08. The number of piperidine rings is 1. The lowest BCUT2D eigenvalue weighted by Crippen LogP contribution is -2.35. The van der Waals surface area contributed by atoms with Crippen LogP contribution in [0.4, 0.5) is 5.69 Å². The van der Waals surface area contributed by atoms with E-state index in [1.165, 1.54) is 16.4 Å². The van der Waals surface area contributed by atoms with Gasteiger partial charge < -0.3 is 5.32 Å². The van der Waals surface area contributed by atoms with Gasteiger partial charge in [-0.15, -0.1) is 0 Å². The van der Waals surface area contributed by atoms with Gasteiger partial charge in [-0.3, -0.25) is 4.79 Å². The van der Waals surface area contributed by atoms with Gasteiger partial charge in [-0.05, 0) is 31.0 Å². The first-order valence-corrected chi connectivity index (χ1v) is 9.25. The number of hydrogen-bond donors (Lipinski definition) is 1. The molecule has 0 spiro atoms. The smallest absolute Gasteiger partial charge is 0.244 e. The Kier molecular flexibility index (Phi) is 5.47. The molecule has 0 aromatic heterocycles. The molecule has 1 N–H and O–H groups in total. The van der Waals surface area contributed by atoms with Crippen LogP contribution in [0.25, 0.3) is 0 Å².